The van der Waals surface area contributed by atoms with Crippen LogP contribution in [0.3, 0.4) is 0 Å². The van der Waals surface area contributed by atoms with E-state index < -0.39 is 0 Å². The van der Waals surface area contributed by atoms with E-state index in [1.54, 1.807) is 0 Å². The van der Waals surface area contributed by atoms with E-state index in [4.69, 9.17) is 0 Å². The number of hydrogen-bond donors (Lipinski definition) is 1. The highest BCUT2D eigenvalue weighted by Crippen LogP contribution is 2.53. The molecule has 1 aliphatic carbocycles. The molecular weight excluding hydrogens is 182 g/mol. The molecule has 15 heavy (non-hydrogen) atoms. The fourth-order valence-electron chi connectivity index (χ4n) is 3.37. The predicted octanol–water partition coefficient (Wildman–Crippen LogP) is 3.31. The van der Waals surface area contributed by atoms with Crippen molar-refractivity contribution < 1.29 is 0 Å². The Morgan fingerprint density at radius 2 is 1.33 bits per heavy atom. The summed E-state index contributed by atoms with van der Waals surface area (Å²) in [4.78, 5) is 0. The van der Waals surface area contributed by atoms with Crippen LogP contribution in [-0.2, 0) is 0 Å². The maximum atomic E-state index is 3.94. The van der Waals surface area contributed by atoms with Gasteiger partial charge in [-0.2, -0.15) is 0 Å². The summed E-state index contributed by atoms with van der Waals surface area (Å²) in [5.74, 6) is 0. The highest BCUT2D eigenvalue weighted by molar-refractivity contribution is 5.47. The molecule has 0 atom stereocenters. The highest BCUT2D eigenvalue weighted by Gasteiger charge is 2.49. The maximum absolute atomic E-state index is 3.94. The summed E-state index contributed by atoms with van der Waals surface area (Å²) in [7, 11) is 2.03. The van der Waals surface area contributed by atoms with Crippen LogP contribution < -0.4 is 5.32 Å². The van der Waals surface area contributed by atoms with E-state index in [-0.39, 0.29) is 10.8 Å². The Morgan fingerprint density at radius 1 is 1.00 bits per heavy atom. The summed E-state index contributed by atoms with van der Waals surface area (Å²) < 4.78 is 0. The number of nitrogens with one attached hydrogen (secondary N) is 1. The second-order valence-corrected chi connectivity index (χ2v) is 5.40. The molecule has 1 heteroatoms. The fraction of sp³-hybridized carbons (Fsp3) is 0.571. The minimum Gasteiger partial charge on any atom is -0.315 e. The molecule has 0 saturated carbocycles. The van der Waals surface area contributed by atoms with E-state index >= 15 is 0 Å². The van der Waals surface area contributed by atoms with Gasteiger partial charge >= 0.3 is 0 Å². The van der Waals surface area contributed by atoms with Crippen molar-refractivity contribution in [2.45, 2.75) is 33.7 Å². The van der Waals surface area contributed by atoms with E-state index in [2.05, 4.69) is 46.2 Å². The van der Waals surface area contributed by atoms with E-state index in [9.17, 15) is 0 Å². The molecule has 0 radical (unpaired) electrons. The van der Waals surface area contributed by atoms with Gasteiger partial charge < -0.3 is 5.32 Å². The molecular formula is C14H23N. The minimum absolute atomic E-state index is 0.115. The lowest BCUT2D eigenvalue weighted by atomic mass is 9.74. The lowest BCUT2D eigenvalue weighted by molar-refractivity contribution is 0.219. The van der Waals surface area contributed by atoms with Crippen molar-refractivity contribution in [3.63, 3.8) is 0 Å². The molecule has 0 unspecified atom stereocenters. The second kappa shape index (κ2) is 3.64. The lowest BCUT2D eigenvalue weighted by Crippen LogP contribution is -2.46. The molecule has 0 bridgehead atoms. The topological polar surface area (TPSA) is 12.0 Å². The summed E-state index contributed by atoms with van der Waals surface area (Å²) in [5.41, 5.74) is 2.87. The van der Waals surface area contributed by atoms with Crippen LogP contribution in [0.25, 0.3) is 0 Å². The SMILES string of the molecule is C=CC1=C(C=C)C(C)(C)C(NC)C1(C)C. The van der Waals surface area contributed by atoms with Crippen molar-refractivity contribution >= 4 is 0 Å². The van der Waals surface area contributed by atoms with Crippen molar-refractivity contribution in [2.24, 2.45) is 10.8 Å². The molecule has 1 aliphatic rings. The van der Waals surface area contributed by atoms with Gasteiger partial charge in [0.15, 0.2) is 0 Å². The Kier molecular flexibility index (Phi) is 2.97. The van der Waals surface area contributed by atoms with E-state index in [0.717, 1.165) is 0 Å². The van der Waals surface area contributed by atoms with Crippen molar-refractivity contribution in [3.05, 3.63) is 36.5 Å². The zero-order chi connectivity index (χ0) is 11.9. The lowest BCUT2D eigenvalue weighted by Gasteiger charge is -2.37. The molecule has 0 saturated heterocycles. The number of allylic oxidation sites excluding steroid dienone is 2. The smallest absolute Gasteiger partial charge is 0.0247 e. The third-order valence-electron chi connectivity index (χ3n) is 3.82. The molecule has 0 spiro atoms. The second-order valence-electron chi connectivity index (χ2n) is 5.40. The van der Waals surface area contributed by atoms with Crippen molar-refractivity contribution in [3.8, 4) is 0 Å². The first-order chi connectivity index (χ1) is 6.83. The molecule has 1 rings (SSSR count). The van der Waals surface area contributed by atoms with Crippen LogP contribution in [-0.4, -0.2) is 13.1 Å². The van der Waals surface area contributed by atoms with Gasteiger partial charge in [0.2, 0.25) is 0 Å². The van der Waals surface area contributed by atoms with Crippen LogP contribution in [0.5, 0.6) is 0 Å². The molecule has 0 aromatic heterocycles. The summed E-state index contributed by atoms with van der Waals surface area (Å²) in [6.07, 6.45) is 3.96. The fourth-order valence-corrected chi connectivity index (χ4v) is 3.37. The summed E-state index contributed by atoms with van der Waals surface area (Å²) >= 11 is 0. The van der Waals surface area contributed by atoms with Crippen LogP contribution in [0.2, 0.25) is 0 Å². The maximum Gasteiger partial charge on any atom is 0.0247 e. The largest absolute Gasteiger partial charge is 0.315 e. The Labute approximate surface area is 94.0 Å². The third kappa shape index (κ3) is 1.50. The van der Waals surface area contributed by atoms with Crippen LogP contribution in [0.15, 0.2) is 36.5 Å². The monoisotopic (exact) mass is 205 g/mol. The summed E-state index contributed by atoms with van der Waals surface area (Å²) in [5, 5.41) is 3.44. The van der Waals surface area contributed by atoms with Crippen LogP contribution in [0.4, 0.5) is 0 Å². The van der Waals surface area contributed by atoms with Crippen molar-refractivity contribution in [1.82, 2.24) is 5.32 Å². The Hall–Kier alpha value is -0.820. The molecule has 84 valence electrons. The first kappa shape index (κ1) is 12.3. The van der Waals surface area contributed by atoms with E-state index in [1.807, 2.05) is 19.2 Å². The standard InChI is InChI=1S/C14H23N/c1-8-10-11(9-2)14(5,6)12(15-7)13(10,3)4/h8-9,12,15H,1-2H2,3-7H3. The van der Waals surface area contributed by atoms with Crippen LogP contribution in [0.1, 0.15) is 27.7 Å². The van der Waals surface area contributed by atoms with Gasteiger partial charge in [0.05, 0.1) is 0 Å². The van der Waals surface area contributed by atoms with Crippen molar-refractivity contribution in [1.29, 1.82) is 0 Å². The Bertz CT molecular complexity index is 288. The van der Waals surface area contributed by atoms with E-state index in [1.165, 1.54) is 11.1 Å². The minimum atomic E-state index is 0.115. The zero-order valence-corrected chi connectivity index (χ0v) is 10.6. The molecule has 0 amide bonds. The van der Waals surface area contributed by atoms with Crippen molar-refractivity contribution in [2.75, 3.05) is 7.05 Å². The first-order valence-corrected chi connectivity index (χ1v) is 5.51. The Morgan fingerprint density at radius 3 is 1.53 bits per heavy atom. The van der Waals surface area contributed by atoms with Gasteiger partial charge in [-0.05, 0) is 18.2 Å². The van der Waals surface area contributed by atoms with Gasteiger partial charge in [-0.15, -0.1) is 0 Å². The van der Waals surface area contributed by atoms with Gasteiger partial charge in [0.25, 0.3) is 0 Å². The molecule has 0 aromatic rings. The third-order valence-corrected chi connectivity index (χ3v) is 3.82. The number of hydrogen-bond acceptors (Lipinski definition) is 1. The zero-order valence-electron chi connectivity index (χ0n) is 10.6. The average molecular weight is 205 g/mol. The van der Waals surface area contributed by atoms with Gasteiger partial charge in [-0.25, -0.2) is 0 Å². The van der Waals surface area contributed by atoms with Gasteiger partial charge in [0.1, 0.15) is 0 Å². The van der Waals surface area contributed by atoms with Gasteiger partial charge in [-0.1, -0.05) is 53.0 Å². The van der Waals surface area contributed by atoms with Gasteiger partial charge in [-0.3, -0.25) is 0 Å². The quantitative estimate of drug-likeness (QED) is 0.745. The molecule has 0 heterocycles. The Balaban J connectivity index is 3.41. The predicted molar refractivity (Wildman–Crippen MR) is 67.8 cm³/mol. The van der Waals surface area contributed by atoms with Crippen LogP contribution >= 0.6 is 0 Å². The average Bonchev–Trinajstić information content (AvgIpc) is 2.27. The van der Waals surface area contributed by atoms with E-state index in [0.29, 0.717) is 6.04 Å². The molecule has 0 fully saturated rings. The highest BCUT2D eigenvalue weighted by atomic mass is 14.9. The number of rotatable bonds is 3. The molecule has 1 nitrogen and oxygen atoms in total. The molecule has 0 aromatic carbocycles. The first-order valence-electron chi connectivity index (χ1n) is 5.51. The molecule has 0 aliphatic heterocycles. The summed E-state index contributed by atoms with van der Waals surface area (Å²) in [6, 6.07) is 0.422. The normalized spacial score (nSPS) is 24.3. The molecule has 1 N–H and O–H groups in total. The summed E-state index contributed by atoms with van der Waals surface area (Å²) in [6.45, 7) is 16.9. The van der Waals surface area contributed by atoms with Gasteiger partial charge in [0, 0.05) is 16.9 Å². The van der Waals surface area contributed by atoms with Crippen LogP contribution in [0, 0.1) is 10.8 Å².